The maximum Gasteiger partial charge on any atom is 0.265 e. The number of rotatable bonds is 5. The maximum absolute atomic E-state index is 12.9. The number of ether oxygens (including phenoxy) is 1. The zero-order valence-electron chi connectivity index (χ0n) is 14.2. The monoisotopic (exact) mass is 376 g/mol. The van der Waals surface area contributed by atoms with Crippen LogP contribution in [0, 0.1) is 5.82 Å². The van der Waals surface area contributed by atoms with E-state index in [0.29, 0.717) is 35.1 Å². The van der Waals surface area contributed by atoms with Crippen LogP contribution in [0.25, 0.3) is 0 Å². The highest BCUT2D eigenvalue weighted by Gasteiger charge is 2.24. The molecule has 1 fully saturated rings. The molecule has 0 radical (unpaired) electrons. The summed E-state index contributed by atoms with van der Waals surface area (Å²) < 4.78 is 18.4. The third-order valence-corrected chi connectivity index (χ3v) is 4.38. The van der Waals surface area contributed by atoms with E-state index in [-0.39, 0.29) is 17.6 Å². The van der Waals surface area contributed by atoms with Gasteiger partial charge in [0.2, 0.25) is 5.91 Å². The van der Waals surface area contributed by atoms with Crippen molar-refractivity contribution in [1.82, 2.24) is 0 Å². The Morgan fingerprint density at radius 3 is 2.62 bits per heavy atom. The summed E-state index contributed by atoms with van der Waals surface area (Å²) in [4.78, 5) is 25.7. The molecule has 0 spiro atoms. The summed E-state index contributed by atoms with van der Waals surface area (Å²) >= 11 is 6.27. The van der Waals surface area contributed by atoms with E-state index in [9.17, 15) is 14.0 Å². The fourth-order valence-electron chi connectivity index (χ4n) is 2.72. The van der Waals surface area contributed by atoms with Crippen molar-refractivity contribution in [3.05, 3.63) is 53.3 Å². The highest BCUT2D eigenvalue weighted by molar-refractivity contribution is 6.34. The van der Waals surface area contributed by atoms with E-state index < -0.39 is 6.10 Å². The van der Waals surface area contributed by atoms with E-state index in [0.717, 1.165) is 6.42 Å². The Kier molecular flexibility index (Phi) is 5.42. The molecule has 1 N–H and O–H groups in total. The number of carbonyl (C=O) groups excluding carboxylic acids is 2. The van der Waals surface area contributed by atoms with Crippen LogP contribution in [0.5, 0.6) is 5.75 Å². The summed E-state index contributed by atoms with van der Waals surface area (Å²) in [6.45, 7) is 2.24. The normalized spacial score (nSPS) is 15.0. The lowest BCUT2D eigenvalue weighted by molar-refractivity contribution is -0.122. The SMILES string of the molecule is C[C@@H](Oc1ccc(F)cc1)C(=O)Nc1ccc(N2CCCC2=O)c(Cl)c1. The fraction of sp³-hybridized carbons (Fsp3) is 0.263. The zero-order valence-corrected chi connectivity index (χ0v) is 14.9. The molecule has 1 heterocycles. The van der Waals surface area contributed by atoms with Crippen LogP contribution in [0.15, 0.2) is 42.5 Å². The Balaban J connectivity index is 1.64. The van der Waals surface area contributed by atoms with Gasteiger partial charge in [-0.1, -0.05) is 11.6 Å². The van der Waals surface area contributed by atoms with Crippen LogP contribution in [-0.4, -0.2) is 24.5 Å². The molecular weight excluding hydrogens is 359 g/mol. The molecule has 26 heavy (non-hydrogen) atoms. The van der Waals surface area contributed by atoms with Crippen molar-refractivity contribution in [3.63, 3.8) is 0 Å². The number of hydrogen-bond donors (Lipinski definition) is 1. The summed E-state index contributed by atoms with van der Waals surface area (Å²) in [6.07, 6.45) is 0.554. The molecule has 0 unspecified atom stereocenters. The van der Waals surface area contributed by atoms with Gasteiger partial charge in [-0.3, -0.25) is 9.59 Å². The molecule has 136 valence electrons. The molecule has 2 amide bonds. The molecule has 3 rings (SSSR count). The first kappa shape index (κ1) is 18.2. The Labute approximate surface area is 155 Å². The summed E-state index contributed by atoms with van der Waals surface area (Å²) in [6, 6.07) is 10.4. The standard InChI is InChI=1S/C19H18ClFN2O3/c1-12(26-15-7-4-13(21)5-8-15)19(25)22-14-6-9-17(16(20)11-14)23-10-2-3-18(23)24/h4-9,11-12H,2-3,10H2,1H3,(H,22,25)/t12-/m1/s1. The molecule has 1 aliphatic rings. The van der Waals surface area contributed by atoms with Gasteiger partial charge in [-0.15, -0.1) is 0 Å². The van der Waals surface area contributed by atoms with Crippen LogP contribution >= 0.6 is 11.6 Å². The van der Waals surface area contributed by atoms with Gasteiger partial charge in [0.15, 0.2) is 6.10 Å². The van der Waals surface area contributed by atoms with E-state index in [2.05, 4.69) is 5.32 Å². The number of anilines is 2. The Morgan fingerprint density at radius 2 is 2.00 bits per heavy atom. The van der Waals surface area contributed by atoms with Crippen LogP contribution in [0.4, 0.5) is 15.8 Å². The predicted molar refractivity (Wildman–Crippen MR) is 98.2 cm³/mol. The molecule has 0 saturated carbocycles. The summed E-state index contributed by atoms with van der Waals surface area (Å²) in [5.74, 6) is -0.295. The van der Waals surface area contributed by atoms with Gasteiger partial charge in [0.1, 0.15) is 11.6 Å². The van der Waals surface area contributed by atoms with Crippen molar-refractivity contribution in [1.29, 1.82) is 0 Å². The number of halogens is 2. The molecule has 7 heteroatoms. The van der Waals surface area contributed by atoms with Crippen LogP contribution in [0.2, 0.25) is 5.02 Å². The van der Waals surface area contributed by atoms with Gasteiger partial charge in [0.25, 0.3) is 5.91 Å². The number of amides is 2. The van der Waals surface area contributed by atoms with Crippen molar-refractivity contribution in [2.75, 3.05) is 16.8 Å². The third kappa shape index (κ3) is 4.14. The van der Waals surface area contributed by atoms with E-state index in [1.807, 2.05) is 0 Å². The first-order valence-corrected chi connectivity index (χ1v) is 8.65. The molecule has 1 aliphatic heterocycles. The second-order valence-corrected chi connectivity index (χ2v) is 6.43. The Bertz CT molecular complexity index is 826. The van der Waals surface area contributed by atoms with Gasteiger partial charge in [-0.05, 0) is 55.8 Å². The predicted octanol–water partition coefficient (Wildman–Crippen LogP) is 4.01. The Hall–Kier alpha value is -2.60. The highest BCUT2D eigenvalue weighted by Crippen LogP contribution is 2.31. The summed E-state index contributed by atoms with van der Waals surface area (Å²) in [7, 11) is 0. The van der Waals surface area contributed by atoms with E-state index in [1.165, 1.54) is 24.3 Å². The van der Waals surface area contributed by atoms with Gasteiger partial charge < -0.3 is 15.0 Å². The first-order chi connectivity index (χ1) is 12.4. The van der Waals surface area contributed by atoms with E-state index in [1.54, 1.807) is 30.0 Å². The quantitative estimate of drug-likeness (QED) is 0.857. The van der Waals surface area contributed by atoms with Gasteiger partial charge in [-0.25, -0.2) is 4.39 Å². The minimum Gasteiger partial charge on any atom is -0.481 e. The molecule has 0 aliphatic carbocycles. The van der Waals surface area contributed by atoms with Gasteiger partial charge in [-0.2, -0.15) is 0 Å². The van der Waals surface area contributed by atoms with Crippen molar-refractivity contribution in [2.45, 2.75) is 25.9 Å². The second kappa shape index (κ2) is 7.74. The summed E-state index contributed by atoms with van der Waals surface area (Å²) in [5, 5.41) is 3.11. The number of nitrogens with zero attached hydrogens (tertiary/aromatic N) is 1. The lowest BCUT2D eigenvalue weighted by Crippen LogP contribution is -2.30. The molecule has 2 aromatic rings. The highest BCUT2D eigenvalue weighted by atomic mass is 35.5. The van der Waals surface area contributed by atoms with E-state index in [4.69, 9.17) is 16.3 Å². The van der Waals surface area contributed by atoms with Crippen LogP contribution in [-0.2, 0) is 9.59 Å². The zero-order chi connectivity index (χ0) is 18.7. The molecule has 1 saturated heterocycles. The minimum atomic E-state index is -0.779. The molecule has 0 bridgehead atoms. The largest absolute Gasteiger partial charge is 0.481 e. The average molecular weight is 377 g/mol. The molecule has 0 aromatic heterocycles. The Morgan fingerprint density at radius 1 is 1.27 bits per heavy atom. The van der Waals surface area contributed by atoms with Crippen molar-refractivity contribution < 1.29 is 18.7 Å². The molecule has 2 aromatic carbocycles. The van der Waals surface area contributed by atoms with Crippen LogP contribution in [0.3, 0.4) is 0 Å². The molecule has 1 atom stereocenters. The number of nitrogens with one attached hydrogen (secondary N) is 1. The molecule has 5 nitrogen and oxygen atoms in total. The van der Waals surface area contributed by atoms with Crippen molar-refractivity contribution in [3.8, 4) is 5.75 Å². The first-order valence-electron chi connectivity index (χ1n) is 8.27. The molecular formula is C19H18ClFN2O3. The van der Waals surface area contributed by atoms with Crippen LogP contribution < -0.4 is 15.0 Å². The fourth-order valence-corrected chi connectivity index (χ4v) is 3.00. The van der Waals surface area contributed by atoms with Gasteiger partial charge >= 0.3 is 0 Å². The van der Waals surface area contributed by atoms with Gasteiger partial charge in [0.05, 0.1) is 10.7 Å². The second-order valence-electron chi connectivity index (χ2n) is 6.02. The maximum atomic E-state index is 12.9. The minimum absolute atomic E-state index is 0.0463. The van der Waals surface area contributed by atoms with Crippen molar-refractivity contribution >= 4 is 34.8 Å². The number of carbonyl (C=O) groups is 2. The number of benzene rings is 2. The average Bonchev–Trinajstić information content (AvgIpc) is 3.03. The lowest BCUT2D eigenvalue weighted by Gasteiger charge is -2.19. The smallest absolute Gasteiger partial charge is 0.265 e. The van der Waals surface area contributed by atoms with Gasteiger partial charge in [0, 0.05) is 18.7 Å². The lowest BCUT2D eigenvalue weighted by atomic mass is 10.2. The van der Waals surface area contributed by atoms with Crippen molar-refractivity contribution in [2.24, 2.45) is 0 Å². The summed E-state index contributed by atoms with van der Waals surface area (Å²) in [5.41, 5.74) is 1.15. The van der Waals surface area contributed by atoms with Crippen LogP contribution in [0.1, 0.15) is 19.8 Å². The third-order valence-electron chi connectivity index (χ3n) is 4.08. The topological polar surface area (TPSA) is 58.6 Å². The van der Waals surface area contributed by atoms with E-state index >= 15 is 0 Å². The number of hydrogen-bond acceptors (Lipinski definition) is 3.